The number of aromatic nitrogens is 1. The van der Waals surface area contributed by atoms with E-state index in [0.29, 0.717) is 6.42 Å². The van der Waals surface area contributed by atoms with Gasteiger partial charge in [-0.2, -0.15) is 12.6 Å². The van der Waals surface area contributed by atoms with Crippen LogP contribution >= 0.6 is 12.6 Å². The summed E-state index contributed by atoms with van der Waals surface area (Å²) in [5.41, 5.74) is 18.3. The van der Waals surface area contributed by atoms with Crippen molar-refractivity contribution in [3.8, 4) is 0 Å². The molecule has 0 spiro atoms. The summed E-state index contributed by atoms with van der Waals surface area (Å²) in [5, 5.41) is 17.4. The van der Waals surface area contributed by atoms with E-state index >= 15 is 0 Å². The Morgan fingerprint density at radius 1 is 1.08 bits per heavy atom. The first-order valence-electron chi connectivity index (χ1n) is 11.2. The monoisotopic (exact) mass is 520 g/mol. The predicted molar refractivity (Wildman–Crippen MR) is 138 cm³/mol. The zero-order valence-corrected chi connectivity index (χ0v) is 20.5. The normalized spacial score (nSPS) is 13.3. The summed E-state index contributed by atoms with van der Waals surface area (Å²) in [6.07, 6.45) is 2.45. The lowest BCUT2D eigenvalue weighted by atomic mass is 10.0. The number of carboxylic acids is 1. The lowest BCUT2D eigenvalue weighted by Gasteiger charge is -2.19. The standard InChI is InChI=1S/C22H32N8O5S/c23-14(8-12-9-27-15-5-2-1-4-13(12)15)19(32)30-17(11-36)20(33)28-10-18(31)29-16(21(34)35)6-3-7-26-22(24)25/h1-2,4-5,9,14,16-17,27,36H,3,6-8,10-11,23H2,(H,28,33)(H,29,31)(H,30,32)(H,34,35)(H4,24,25,26). The Kier molecular flexibility index (Phi) is 11.0. The summed E-state index contributed by atoms with van der Waals surface area (Å²) in [5.74, 6) is -3.31. The molecule has 36 heavy (non-hydrogen) atoms. The number of carboxylic acid groups (broad SMARTS) is 1. The fraction of sp³-hybridized carbons (Fsp3) is 0.409. The second-order valence-electron chi connectivity index (χ2n) is 8.04. The summed E-state index contributed by atoms with van der Waals surface area (Å²) in [6, 6.07) is 4.46. The first-order chi connectivity index (χ1) is 17.1. The number of nitrogens with zero attached hydrogens (tertiary/aromatic N) is 1. The molecule has 1 aromatic carbocycles. The number of benzene rings is 1. The third kappa shape index (κ3) is 8.78. The van der Waals surface area contributed by atoms with Gasteiger partial charge in [-0.05, 0) is 30.9 Å². The third-order valence-corrected chi connectivity index (χ3v) is 5.63. The van der Waals surface area contributed by atoms with Gasteiger partial charge in [0.25, 0.3) is 0 Å². The van der Waals surface area contributed by atoms with Crippen LogP contribution in [0.3, 0.4) is 0 Å². The lowest BCUT2D eigenvalue weighted by Crippen LogP contribution is -2.54. The van der Waals surface area contributed by atoms with Crippen LogP contribution in [0.1, 0.15) is 18.4 Å². The second-order valence-corrected chi connectivity index (χ2v) is 8.40. The van der Waals surface area contributed by atoms with Crippen LogP contribution in [0.15, 0.2) is 35.5 Å². The summed E-state index contributed by atoms with van der Waals surface area (Å²) in [6.45, 7) is -0.275. The Morgan fingerprint density at radius 2 is 1.81 bits per heavy atom. The summed E-state index contributed by atoms with van der Waals surface area (Å²) in [7, 11) is 0. The Morgan fingerprint density at radius 3 is 2.47 bits per heavy atom. The number of nitrogens with two attached hydrogens (primary N) is 3. The summed E-state index contributed by atoms with van der Waals surface area (Å²) < 4.78 is 0. The molecule has 0 fully saturated rings. The average molecular weight is 521 g/mol. The highest BCUT2D eigenvalue weighted by Gasteiger charge is 2.25. The molecule has 0 aliphatic heterocycles. The Hall–Kier alpha value is -3.78. The first-order valence-corrected chi connectivity index (χ1v) is 11.8. The largest absolute Gasteiger partial charge is 0.480 e. The van der Waals surface area contributed by atoms with Crippen molar-refractivity contribution in [1.82, 2.24) is 20.9 Å². The maximum atomic E-state index is 12.6. The van der Waals surface area contributed by atoms with E-state index in [0.717, 1.165) is 16.5 Å². The number of rotatable bonds is 14. The van der Waals surface area contributed by atoms with Gasteiger partial charge < -0.3 is 43.2 Å². The van der Waals surface area contributed by atoms with Crippen LogP contribution in [0, 0.1) is 0 Å². The van der Waals surface area contributed by atoms with Gasteiger partial charge in [0.1, 0.15) is 12.1 Å². The van der Waals surface area contributed by atoms with Crippen molar-refractivity contribution in [3.63, 3.8) is 0 Å². The minimum absolute atomic E-state index is 0.0401. The number of aliphatic carboxylic acids is 1. The highest BCUT2D eigenvalue weighted by atomic mass is 32.1. The number of thiol groups is 1. The van der Waals surface area contributed by atoms with Gasteiger partial charge in [-0.3, -0.25) is 19.4 Å². The number of carbonyl (C=O) groups excluding carboxylic acids is 3. The second kappa shape index (κ2) is 13.9. The molecule has 0 aliphatic carbocycles. The van der Waals surface area contributed by atoms with Crippen molar-refractivity contribution < 1.29 is 24.3 Å². The molecule has 3 atom stereocenters. The van der Waals surface area contributed by atoms with Gasteiger partial charge in [0, 0.05) is 29.4 Å². The third-order valence-electron chi connectivity index (χ3n) is 5.27. The van der Waals surface area contributed by atoms with Gasteiger partial charge in [0.15, 0.2) is 5.96 Å². The lowest BCUT2D eigenvalue weighted by molar-refractivity contribution is -0.142. The molecular weight excluding hydrogens is 488 g/mol. The van der Waals surface area contributed by atoms with Gasteiger partial charge >= 0.3 is 5.97 Å². The van der Waals surface area contributed by atoms with Crippen molar-refractivity contribution in [3.05, 3.63) is 36.0 Å². The molecule has 1 aromatic heterocycles. The molecule has 13 nitrogen and oxygen atoms in total. The van der Waals surface area contributed by atoms with E-state index in [4.69, 9.17) is 17.2 Å². The smallest absolute Gasteiger partial charge is 0.326 e. The first kappa shape index (κ1) is 28.5. The molecule has 0 saturated heterocycles. The van der Waals surface area contributed by atoms with Crippen LogP contribution in [0.2, 0.25) is 0 Å². The molecule has 1 heterocycles. The topological polar surface area (TPSA) is 231 Å². The Balaban J connectivity index is 1.83. The van der Waals surface area contributed by atoms with Gasteiger partial charge in [0.05, 0.1) is 12.6 Å². The Bertz CT molecular complexity index is 1100. The molecule has 0 aliphatic rings. The van der Waals surface area contributed by atoms with E-state index in [1.54, 1.807) is 6.20 Å². The number of hydrogen-bond acceptors (Lipinski definition) is 7. The fourth-order valence-corrected chi connectivity index (χ4v) is 3.66. The quantitative estimate of drug-likeness (QED) is 0.0595. The highest BCUT2D eigenvalue weighted by Crippen LogP contribution is 2.18. The molecule has 0 radical (unpaired) electrons. The van der Waals surface area contributed by atoms with E-state index in [9.17, 15) is 24.3 Å². The van der Waals surface area contributed by atoms with Gasteiger partial charge in [-0.25, -0.2) is 4.79 Å². The van der Waals surface area contributed by atoms with Crippen molar-refractivity contribution in [1.29, 1.82) is 0 Å². The maximum absolute atomic E-state index is 12.6. The molecule has 3 amide bonds. The summed E-state index contributed by atoms with van der Waals surface area (Å²) in [4.78, 5) is 55.4. The van der Waals surface area contributed by atoms with Gasteiger partial charge in [-0.15, -0.1) is 0 Å². The average Bonchev–Trinajstić information content (AvgIpc) is 3.25. The molecular formula is C22H32N8O5S. The fourth-order valence-electron chi connectivity index (χ4n) is 3.40. The molecule has 11 N–H and O–H groups in total. The van der Waals surface area contributed by atoms with Crippen LogP contribution in [0.5, 0.6) is 0 Å². The molecule has 14 heteroatoms. The summed E-state index contributed by atoms with van der Waals surface area (Å²) >= 11 is 4.10. The van der Waals surface area contributed by atoms with Crippen molar-refractivity contribution in [2.24, 2.45) is 22.2 Å². The minimum atomic E-state index is -1.23. The van der Waals surface area contributed by atoms with Crippen LogP contribution in [-0.2, 0) is 25.6 Å². The van der Waals surface area contributed by atoms with E-state index in [-0.39, 0.29) is 31.1 Å². The number of aromatic amines is 1. The van der Waals surface area contributed by atoms with E-state index < -0.39 is 48.4 Å². The molecule has 2 aromatic rings. The van der Waals surface area contributed by atoms with Crippen molar-refractivity contribution >= 4 is 53.2 Å². The predicted octanol–water partition coefficient (Wildman–Crippen LogP) is -1.81. The minimum Gasteiger partial charge on any atom is -0.480 e. The van der Waals surface area contributed by atoms with Crippen LogP contribution < -0.4 is 33.2 Å². The number of amides is 3. The van der Waals surface area contributed by atoms with E-state index in [2.05, 4.69) is 38.6 Å². The number of H-pyrrole nitrogens is 1. The van der Waals surface area contributed by atoms with Crippen LogP contribution in [-0.4, -0.2) is 76.7 Å². The van der Waals surface area contributed by atoms with Crippen LogP contribution in [0.4, 0.5) is 0 Å². The molecule has 0 saturated carbocycles. The number of nitrogens with one attached hydrogen (secondary N) is 4. The van der Waals surface area contributed by atoms with Crippen LogP contribution in [0.25, 0.3) is 10.9 Å². The number of para-hydroxylation sites is 1. The SMILES string of the molecule is NC(N)=NCCCC(NC(=O)CNC(=O)C(CS)NC(=O)C(N)Cc1c[nH]c2ccccc12)C(=O)O. The van der Waals surface area contributed by atoms with E-state index in [1.807, 2.05) is 24.3 Å². The zero-order chi connectivity index (χ0) is 26.7. The van der Waals surface area contributed by atoms with Gasteiger partial charge in [-0.1, -0.05) is 18.2 Å². The number of guanidine groups is 1. The maximum Gasteiger partial charge on any atom is 0.326 e. The van der Waals surface area contributed by atoms with Crippen molar-refractivity contribution in [2.45, 2.75) is 37.4 Å². The van der Waals surface area contributed by atoms with Crippen molar-refractivity contribution in [2.75, 3.05) is 18.8 Å². The number of carbonyl (C=O) groups is 4. The van der Waals surface area contributed by atoms with Gasteiger partial charge in [0.2, 0.25) is 17.7 Å². The Labute approximate surface area is 213 Å². The highest BCUT2D eigenvalue weighted by molar-refractivity contribution is 7.80. The molecule has 196 valence electrons. The number of hydrogen-bond donors (Lipinski definition) is 9. The molecule has 3 unspecified atom stereocenters. The number of fused-ring (bicyclic) bond motifs is 1. The zero-order valence-electron chi connectivity index (χ0n) is 19.6. The number of aliphatic imine (C=N–C) groups is 1. The molecule has 2 rings (SSSR count). The van der Waals surface area contributed by atoms with E-state index in [1.165, 1.54) is 0 Å². The molecule has 0 bridgehead atoms.